The van der Waals surface area contributed by atoms with E-state index in [2.05, 4.69) is 16.6 Å². The molecule has 1 aromatic carbocycles. The van der Waals surface area contributed by atoms with Crippen LogP contribution in [-0.4, -0.2) is 37.0 Å². The molecule has 26 heavy (non-hydrogen) atoms. The highest BCUT2D eigenvalue weighted by molar-refractivity contribution is 7.12. The summed E-state index contributed by atoms with van der Waals surface area (Å²) in [6, 6.07) is 11.7. The number of rotatable bonds is 8. The number of benzene rings is 1. The first kappa shape index (κ1) is 19.2. The van der Waals surface area contributed by atoms with E-state index in [0.717, 1.165) is 5.56 Å². The van der Waals surface area contributed by atoms with Gasteiger partial charge in [-0.15, -0.1) is 17.8 Å². The van der Waals surface area contributed by atoms with E-state index in [1.165, 1.54) is 11.3 Å². The fraction of sp³-hybridized carbons (Fsp3) is 0.211. The number of terminal acetylenes is 1. The molecule has 2 N–H and O–H groups in total. The minimum atomic E-state index is -0.910. The smallest absolute Gasteiger partial charge is 0.329 e. The summed E-state index contributed by atoms with van der Waals surface area (Å²) in [6.07, 6.45) is 5.30. The standard InChI is InChI=1S/C19H18N2O4S/c1-2-10-20-17(22)13-25-19(24)15(12-14-7-4-3-5-8-14)21-18(23)16-9-6-11-26-16/h1,3-9,11,15H,10,12-13H2,(H,20,22)(H,21,23)/t15-/m0/s1. The van der Waals surface area contributed by atoms with E-state index in [9.17, 15) is 14.4 Å². The van der Waals surface area contributed by atoms with Crippen LogP contribution in [0, 0.1) is 12.3 Å². The molecular weight excluding hydrogens is 352 g/mol. The molecule has 2 amide bonds. The highest BCUT2D eigenvalue weighted by Gasteiger charge is 2.24. The molecule has 0 radical (unpaired) electrons. The molecule has 0 bridgehead atoms. The molecule has 134 valence electrons. The molecule has 0 saturated heterocycles. The number of carbonyl (C=O) groups excluding carboxylic acids is 3. The van der Waals surface area contributed by atoms with Crippen molar-refractivity contribution in [2.45, 2.75) is 12.5 Å². The van der Waals surface area contributed by atoms with Crippen molar-refractivity contribution in [3.05, 3.63) is 58.3 Å². The molecule has 0 spiro atoms. The Balaban J connectivity index is 2.01. The average molecular weight is 370 g/mol. The predicted molar refractivity (Wildman–Crippen MR) is 98.5 cm³/mol. The molecule has 0 aliphatic rings. The molecule has 0 saturated carbocycles. The molecule has 1 aromatic heterocycles. The van der Waals surface area contributed by atoms with Crippen molar-refractivity contribution in [1.29, 1.82) is 0 Å². The van der Waals surface area contributed by atoms with Crippen LogP contribution >= 0.6 is 11.3 Å². The zero-order chi connectivity index (χ0) is 18.8. The second-order valence-electron chi connectivity index (χ2n) is 5.28. The number of carbonyl (C=O) groups is 3. The van der Waals surface area contributed by atoms with Crippen molar-refractivity contribution in [2.24, 2.45) is 0 Å². The molecule has 2 rings (SSSR count). The number of hydrogen-bond donors (Lipinski definition) is 2. The van der Waals surface area contributed by atoms with E-state index in [1.807, 2.05) is 30.3 Å². The van der Waals surface area contributed by atoms with E-state index >= 15 is 0 Å². The first-order valence-electron chi connectivity index (χ1n) is 7.85. The van der Waals surface area contributed by atoms with Crippen LogP contribution in [0.1, 0.15) is 15.2 Å². The van der Waals surface area contributed by atoms with Crippen molar-refractivity contribution in [3.63, 3.8) is 0 Å². The van der Waals surface area contributed by atoms with E-state index in [1.54, 1.807) is 17.5 Å². The van der Waals surface area contributed by atoms with Crippen LogP contribution in [0.4, 0.5) is 0 Å². The monoisotopic (exact) mass is 370 g/mol. The molecule has 1 atom stereocenters. The van der Waals surface area contributed by atoms with E-state index in [-0.39, 0.29) is 18.9 Å². The number of hydrogen-bond acceptors (Lipinski definition) is 5. The Bertz CT molecular complexity index is 782. The average Bonchev–Trinajstić information content (AvgIpc) is 3.19. The van der Waals surface area contributed by atoms with Crippen LogP contribution in [-0.2, 0) is 20.7 Å². The summed E-state index contributed by atoms with van der Waals surface area (Å²) in [6.45, 7) is -0.403. The van der Waals surface area contributed by atoms with Gasteiger partial charge in [-0.2, -0.15) is 0 Å². The lowest BCUT2D eigenvalue weighted by atomic mass is 10.1. The number of esters is 1. The van der Waals surface area contributed by atoms with E-state index in [4.69, 9.17) is 11.2 Å². The van der Waals surface area contributed by atoms with Gasteiger partial charge >= 0.3 is 5.97 Å². The maximum absolute atomic E-state index is 12.4. The van der Waals surface area contributed by atoms with Crippen molar-refractivity contribution in [3.8, 4) is 12.3 Å². The second kappa shape index (κ2) is 10.0. The Hall–Kier alpha value is -3.11. The van der Waals surface area contributed by atoms with Crippen LogP contribution in [0.2, 0.25) is 0 Å². The van der Waals surface area contributed by atoms with Gasteiger partial charge in [0.25, 0.3) is 11.8 Å². The van der Waals surface area contributed by atoms with Gasteiger partial charge in [0.05, 0.1) is 11.4 Å². The molecular formula is C19H18N2O4S. The quantitative estimate of drug-likeness (QED) is 0.543. The molecule has 6 nitrogen and oxygen atoms in total. The van der Waals surface area contributed by atoms with Gasteiger partial charge in [-0.25, -0.2) is 4.79 Å². The van der Waals surface area contributed by atoms with Crippen LogP contribution in [0.3, 0.4) is 0 Å². The Kier molecular flexibility index (Phi) is 7.40. The molecule has 0 unspecified atom stereocenters. The maximum Gasteiger partial charge on any atom is 0.329 e. The summed E-state index contributed by atoms with van der Waals surface area (Å²) in [5.74, 6) is 0.703. The highest BCUT2D eigenvalue weighted by Crippen LogP contribution is 2.10. The SMILES string of the molecule is C#CCNC(=O)COC(=O)[C@H](Cc1ccccc1)NC(=O)c1cccs1. The Morgan fingerprint density at radius 2 is 1.92 bits per heavy atom. The summed E-state index contributed by atoms with van der Waals surface area (Å²) < 4.78 is 5.02. The summed E-state index contributed by atoms with van der Waals surface area (Å²) in [5, 5.41) is 6.84. The third kappa shape index (κ3) is 6.07. The minimum Gasteiger partial charge on any atom is -0.454 e. The van der Waals surface area contributed by atoms with Gasteiger partial charge < -0.3 is 15.4 Å². The lowest BCUT2D eigenvalue weighted by molar-refractivity contribution is -0.150. The van der Waals surface area contributed by atoms with Crippen molar-refractivity contribution in [2.75, 3.05) is 13.2 Å². The summed E-state index contributed by atoms with van der Waals surface area (Å²) in [5.41, 5.74) is 0.859. The summed E-state index contributed by atoms with van der Waals surface area (Å²) in [4.78, 5) is 36.7. The van der Waals surface area contributed by atoms with Crippen LogP contribution in [0.25, 0.3) is 0 Å². The van der Waals surface area contributed by atoms with Gasteiger partial charge in [-0.1, -0.05) is 42.3 Å². The zero-order valence-corrected chi connectivity index (χ0v) is 14.8. The van der Waals surface area contributed by atoms with Crippen molar-refractivity contribution in [1.82, 2.24) is 10.6 Å². The normalized spacial score (nSPS) is 11.0. The predicted octanol–water partition coefficient (Wildman–Crippen LogP) is 1.38. The van der Waals surface area contributed by atoms with Gasteiger partial charge in [0.2, 0.25) is 0 Å². The van der Waals surface area contributed by atoms with Crippen LogP contribution in [0.5, 0.6) is 0 Å². The van der Waals surface area contributed by atoms with E-state index < -0.39 is 24.5 Å². The topological polar surface area (TPSA) is 84.5 Å². The molecule has 1 heterocycles. The molecule has 0 aliphatic carbocycles. The Morgan fingerprint density at radius 3 is 2.58 bits per heavy atom. The van der Waals surface area contributed by atoms with Crippen LogP contribution in [0.15, 0.2) is 47.8 Å². The molecule has 0 aliphatic heterocycles. The third-order valence-electron chi connectivity index (χ3n) is 3.35. The first-order valence-corrected chi connectivity index (χ1v) is 8.73. The highest BCUT2D eigenvalue weighted by atomic mass is 32.1. The van der Waals surface area contributed by atoms with Gasteiger partial charge in [0.1, 0.15) is 6.04 Å². The Labute approximate surface area is 155 Å². The fourth-order valence-corrected chi connectivity index (χ4v) is 2.74. The first-order chi connectivity index (χ1) is 12.6. The number of amides is 2. The summed E-state index contributed by atoms with van der Waals surface area (Å²) >= 11 is 1.27. The minimum absolute atomic E-state index is 0.0545. The Morgan fingerprint density at radius 1 is 1.15 bits per heavy atom. The molecule has 2 aromatic rings. The second-order valence-corrected chi connectivity index (χ2v) is 6.23. The molecule has 7 heteroatoms. The summed E-state index contributed by atoms with van der Waals surface area (Å²) in [7, 11) is 0. The van der Waals surface area contributed by atoms with Gasteiger partial charge in [-0.05, 0) is 17.0 Å². The lowest BCUT2D eigenvalue weighted by Gasteiger charge is -2.17. The van der Waals surface area contributed by atoms with Gasteiger partial charge in [0.15, 0.2) is 6.61 Å². The third-order valence-corrected chi connectivity index (χ3v) is 4.22. The van der Waals surface area contributed by atoms with Crippen molar-refractivity contribution < 1.29 is 19.1 Å². The van der Waals surface area contributed by atoms with Crippen LogP contribution < -0.4 is 10.6 Å². The fourth-order valence-electron chi connectivity index (χ4n) is 2.12. The number of thiophene rings is 1. The number of ether oxygens (including phenoxy) is 1. The zero-order valence-electron chi connectivity index (χ0n) is 13.9. The lowest BCUT2D eigenvalue weighted by Crippen LogP contribution is -2.44. The number of nitrogens with one attached hydrogen (secondary N) is 2. The maximum atomic E-state index is 12.4. The van der Waals surface area contributed by atoms with Gasteiger partial charge in [0, 0.05) is 6.42 Å². The largest absolute Gasteiger partial charge is 0.454 e. The molecule has 0 fully saturated rings. The van der Waals surface area contributed by atoms with Gasteiger partial charge in [-0.3, -0.25) is 9.59 Å². The van der Waals surface area contributed by atoms with E-state index in [0.29, 0.717) is 4.88 Å². The van der Waals surface area contributed by atoms with Crippen molar-refractivity contribution >= 4 is 29.1 Å².